The minimum atomic E-state index is 0.205. The summed E-state index contributed by atoms with van der Waals surface area (Å²) in [5, 5.41) is 0. The van der Waals surface area contributed by atoms with Gasteiger partial charge in [0.05, 0.1) is 14.2 Å². The third-order valence-corrected chi connectivity index (χ3v) is 5.31. The van der Waals surface area contributed by atoms with E-state index >= 15 is 0 Å². The first-order chi connectivity index (χ1) is 13.6. The largest absolute Gasteiger partial charge is 0.493 e. The Labute approximate surface area is 167 Å². The Bertz CT molecular complexity index is 795. The lowest BCUT2D eigenvalue weighted by molar-refractivity contribution is -0.132. The van der Waals surface area contributed by atoms with Gasteiger partial charge in [-0.1, -0.05) is 0 Å². The van der Waals surface area contributed by atoms with Crippen molar-refractivity contribution in [3.8, 4) is 11.5 Å². The van der Waals surface area contributed by atoms with Gasteiger partial charge in [-0.3, -0.25) is 9.78 Å². The maximum absolute atomic E-state index is 12.7. The van der Waals surface area contributed by atoms with Crippen LogP contribution in [0.3, 0.4) is 0 Å². The Morgan fingerprint density at radius 1 is 1.11 bits per heavy atom. The van der Waals surface area contributed by atoms with E-state index in [1.165, 1.54) is 11.1 Å². The zero-order chi connectivity index (χ0) is 19.9. The number of hydrogen-bond acceptors (Lipinski definition) is 5. The van der Waals surface area contributed by atoms with Crippen LogP contribution in [0.25, 0.3) is 0 Å². The van der Waals surface area contributed by atoms with Crippen molar-refractivity contribution in [2.45, 2.75) is 25.8 Å². The van der Waals surface area contributed by atoms with Crippen LogP contribution in [0.4, 0.5) is 0 Å². The number of carbonyl (C=O) groups excluding carboxylic acids is 1. The summed E-state index contributed by atoms with van der Waals surface area (Å²) in [6, 6.07) is 8.10. The number of carbonyl (C=O) groups is 1. The number of methoxy groups -OCH3 is 2. The van der Waals surface area contributed by atoms with Gasteiger partial charge in [-0.2, -0.15) is 0 Å². The zero-order valence-electron chi connectivity index (χ0n) is 17.0. The van der Waals surface area contributed by atoms with E-state index in [0.29, 0.717) is 18.7 Å². The van der Waals surface area contributed by atoms with Crippen LogP contribution in [0.2, 0.25) is 0 Å². The van der Waals surface area contributed by atoms with Crippen molar-refractivity contribution in [2.24, 2.45) is 0 Å². The number of aromatic nitrogens is 1. The number of benzene rings is 1. The van der Waals surface area contributed by atoms with E-state index in [1.54, 1.807) is 14.2 Å². The number of amides is 1. The summed E-state index contributed by atoms with van der Waals surface area (Å²) < 4.78 is 10.8. The monoisotopic (exact) mass is 383 g/mol. The first-order valence-corrected chi connectivity index (χ1v) is 9.69. The highest BCUT2D eigenvalue weighted by Crippen LogP contribution is 2.33. The molecule has 1 aromatic carbocycles. The van der Waals surface area contributed by atoms with Gasteiger partial charge >= 0.3 is 0 Å². The Balaban J connectivity index is 1.50. The molecule has 28 heavy (non-hydrogen) atoms. The van der Waals surface area contributed by atoms with Gasteiger partial charge in [-0.05, 0) is 60.8 Å². The van der Waals surface area contributed by atoms with Crippen molar-refractivity contribution in [2.75, 3.05) is 40.9 Å². The molecule has 0 saturated heterocycles. The molecule has 6 nitrogen and oxygen atoms in total. The average Bonchev–Trinajstić information content (AvgIpc) is 2.75. The second-order valence-electron chi connectivity index (χ2n) is 7.20. The van der Waals surface area contributed by atoms with Crippen molar-refractivity contribution in [3.63, 3.8) is 0 Å². The molecule has 1 amide bonds. The van der Waals surface area contributed by atoms with Crippen LogP contribution in [-0.4, -0.2) is 61.6 Å². The van der Waals surface area contributed by atoms with Gasteiger partial charge in [0.25, 0.3) is 0 Å². The first-order valence-electron chi connectivity index (χ1n) is 9.69. The summed E-state index contributed by atoms with van der Waals surface area (Å²) in [6.07, 6.45) is 5.98. The van der Waals surface area contributed by atoms with Crippen molar-refractivity contribution >= 4 is 5.91 Å². The van der Waals surface area contributed by atoms with Crippen molar-refractivity contribution in [1.29, 1.82) is 0 Å². The molecule has 1 aromatic heterocycles. The summed E-state index contributed by atoms with van der Waals surface area (Å²) in [6.45, 7) is 3.08. The SMILES string of the molecule is COc1cc2c(cc1OC)CN(C(=O)CCN(C)CCc1ccncc1)CC2. The predicted molar refractivity (Wildman–Crippen MR) is 109 cm³/mol. The molecule has 0 radical (unpaired) electrons. The number of nitrogens with zero attached hydrogens (tertiary/aromatic N) is 3. The molecule has 150 valence electrons. The molecule has 0 atom stereocenters. The third-order valence-electron chi connectivity index (χ3n) is 5.31. The summed E-state index contributed by atoms with van der Waals surface area (Å²) in [5.41, 5.74) is 3.64. The van der Waals surface area contributed by atoms with Crippen LogP contribution in [0.5, 0.6) is 11.5 Å². The standard InChI is InChI=1S/C22H29N3O3/c1-24(11-6-17-4-9-23-10-5-17)12-8-22(26)25-13-7-18-14-20(27-2)21(28-3)15-19(18)16-25/h4-5,9-10,14-15H,6-8,11-13,16H2,1-3H3. The molecule has 0 fully saturated rings. The number of ether oxygens (including phenoxy) is 2. The lowest BCUT2D eigenvalue weighted by Crippen LogP contribution is -2.37. The lowest BCUT2D eigenvalue weighted by Gasteiger charge is -2.30. The fourth-order valence-electron chi connectivity index (χ4n) is 3.52. The molecular weight excluding hydrogens is 354 g/mol. The highest BCUT2D eigenvalue weighted by molar-refractivity contribution is 5.76. The minimum absolute atomic E-state index is 0.205. The topological polar surface area (TPSA) is 54.9 Å². The molecule has 2 aromatic rings. The van der Waals surface area contributed by atoms with E-state index in [9.17, 15) is 4.79 Å². The summed E-state index contributed by atoms with van der Waals surface area (Å²) >= 11 is 0. The van der Waals surface area contributed by atoms with E-state index in [-0.39, 0.29) is 5.91 Å². The number of fused-ring (bicyclic) bond motifs is 1. The van der Waals surface area contributed by atoms with E-state index < -0.39 is 0 Å². The molecule has 6 heteroatoms. The van der Waals surface area contributed by atoms with Gasteiger partial charge in [-0.25, -0.2) is 0 Å². The average molecular weight is 383 g/mol. The minimum Gasteiger partial charge on any atom is -0.493 e. The molecule has 0 unspecified atom stereocenters. The maximum atomic E-state index is 12.7. The van der Waals surface area contributed by atoms with Gasteiger partial charge in [0.15, 0.2) is 11.5 Å². The number of hydrogen-bond donors (Lipinski definition) is 0. The van der Waals surface area contributed by atoms with Crippen LogP contribution in [0, 0.1) is 0 Å². The number of rotatable bonds is 8. The molecule has 0 N–H and O–H groups in total. The van der Waals surface area contributed by atoms with Gasteiger partial charge in [-0.15, -0.1) is 0 Å². The van der Waals surface area contributed by atoms with E-state index in [1.807, 2.05) is 41.6 Å². The highest BCUT2D eigenvalue weighted by atomic mass is 16.5. The van der Waals surface area contributed by atoms with Crippen LogP contribution >= 0.6 is 0 Å². The second kappa shape index (κ2) is 9.55. The second-order valence-corrected chi connectivity index (χ2v) is 7.20. The summed E-state index contributed by atoms with van der Waals surface area (Å²) in [7, 11) is 5.35. The van der Waals surface area contributed by atoms with Crippen molar-refractivity contribution in [3.05, 3.63) is 53.3 Å². The molecule has 1 aliphatic rings. The van der Waals surface area contributed by atoms with Crippen LogP contribution in [0.1, 0.15) is 23.1 Å². The lowest BCUT2D eigenvalue weighted by atomic mass is 9.98. The quantitative estimate of drug-likeness (QED) is 0.701. The molecule has 1 aliphatic heterocycles. The predicted octanol–water partition coefficient (Wildman–Crippen LogP) is 2.55. The zero-order valence-corrected chi connectivity index (χ0v) is 17.0. The summed E-state index contributed by atoms with van der Waals surface area (Å²) in [5.74, 6) is 1.67. The van der Waals surface area contributed by atoms with Crippen LogP contribution < -0.4 is 9.47 Å². The van der Waals surface area contributed by atoms with Gasteiger partial charge in [0, 0.05) is 45.0 Å². The molecule has 3 rings (SSSR count). The molecule has 0 bridgehead atoms. The molecule has 2 heterocycles. The Hall–Kier alpha value is -2.60. The third kappa shape index (κ3) is 5.01. The fraction of sp³-hybridized carbons (Fsp3) is 0.455. The molecule has 0 aliphatic carbocycles. The number of pyridine rings is 1. The molecule has 0 spiro atoms. The fourth-order valence-corrected chi connectivity index (χ4v) is 3.52. The van der Waals surface area contributed by atoms with E-state index in [2.05, 4.69) is 16.9 Å². The Morgan fingerprint density at radius 2 is 1.79 bits per heavy atom. The smallest absolute Gasteiger partial charge is 0.224 e. The highest BCUT2D eigenvalue weighted by Gasteiger charge is 2.22. The maximum Gasteiger partial charge on any atom is 0.224 e. The summed E-state index contributed by atoms with van der Waals surface area (Å²) in [4.78, 5) is 20.9. The normalized spacial score (nSPS) is 13.4. The van der Waals surface area contributed by atoms with E-state index in [4.69, 9.17) is 9.47 Å². The van der Waals surface area contributed by atoms with E-state index in [0.717, 1.165) is 43.8 Å². The first kappa shape index (κ1) is 20.1. The molecule has 0 saturated carbocycles. The number of likely N-dealkylation sites (N-methyl/N-ethyl adjacent to an activating group) is 1. The van der Waals surface area contributed by atoms with Gasteiger partial charge in [0.2, 0.25) is 5.91 Å². The van der Waals surface area contributed by atoms with Crippen molar-refractivity contribution in [1.82, 2.24) is 14.8 Å². The van der Waals surface area contributed by atoms with Crippen molar-refractivity contribution < 1.29 is 14.3 Å². The Kier molecular flexibility index (Phi) is 6.87. The van der Waals surface area contributed by atoms with Gasteiger partial charge < -0.3 is 19.3 Å². The Morgan fingerprint density at radius 3 is 2.46 bits per heavy atom. The van der Waals surface area contributed by atoms with Crippen LogP contribution in [-0.2, 0) is 24.2 Å². The molecular formula is C22H29N3O3. The van der Waals surface area contributed by atoms with Gasteiger partial charge in [0.1, 0.15) is 0 Å². The van der Waals surface area contributed by atoms with Crippen LogP contribution in [0.15, 0.2) is 36.7 Å².